The molecule has 4 aromatic rings. The SMILES string of the molecule is COC(=O)c1ccc(C2C3=C(N=c4sc(=Cc5cc(Br)ccc5O)c(=O)n42)c2ccccc2CC3)cc1. The maximum Gasteiger partial charge on any atom is 0.337 e. The molecule has 2 aliphatic rings. The maximum atomic E-state index is 13.8. The summed E-state index contributed by atoms with van der Waals surface area (Å²) >= 11 is 4.74. The summed E-state index contributed by atoms with van der Waals surface area (Å²) in [7, 11) is 1.35. The second-order valence-corrected chi connectivity index (χ2v) is 10.9. The largest absolute Gasteiger partial charge is 0.507 e. The molecule has 0 saturated heterocycles. The summed E-state index contributed by atoms with van der Waals surface area (Å²) < 4.78 is 7.89. The number of nitrogens with zero attached hydrogens (tertiary/aromatic N) is 2. The van der Waals surface area contributed by atoms with Gasteiger partial charge in [0.25, 0.3) is 5.56 Å². The van der Waals surface area contributed by atoms with Gasteiger partial charge in [-0.1, -0.05) is 63.7 Å². The minimum absolute atomic E-state index is 0.0946. The first kappa shape index (κ1) is 23.6. The fraction of sp³-hybridized carbons (Fsp3) is 0.138. The van der Waals surface area contributed by atoms with E-state index < -0.39 is 5.97 Å². The Hall–Kier alpha value is -3.75. The van der Waals surface area contributed by atoms with Crippen LogP contribution in [0.3, 0.4) is 0 Å². The molecule has 1 aliphatic heterocycles. The number of hydrogen-bond donors (Lipinski definition) is 1. The van der Waals surface area contributed by atoms with Gasteiger partial charge in [-0.2, -0.15) is 0 Å². The highest BCUT2D eigenvalue weighted by atomic mass is 79.9. The molecule has 1 aromatic heterocycles. The minimum Gasteiger partial charge on any atom is -0.507 e. The first-order chi connectivity index (χ1) is 17.9. The van der Waals surface area contributed by atoms with Crippen molar-refractivity contribution in [2.45, 2.75) is 18.9 Å². The lowest BCUT2D eigenvalue weighted by molar-refractivity contribution is 0.0600. The van der Waals surface area contributed by atoms with E-state index in [0.29, 0.717) is 20.5 Å². The van der Waals surface area contributed by atoms with E-state index in [1.165, 1.54) is 24.0 Å². The third-order valence-electron chi connectivity index (χ3n) is 6.80. The Morgan fingerprint density at radius 1 is 1.14 bits per heavy atom. The molecule has 6 rings (SSSR count). The molecule has 0 saturated carbocycles. The number of benzene rings is 3. The number of esters is 1. The highest BCUT2D eigenvalue weighted by molar-refractivity contribution is 9.10. The normalized spacial score (nSPS) is 16.5. The number of rotatable bonds is 3. The zero-order valence-electron chi connectivity index (χ0n) is 19.8. The van der Waals surface area contributed by atoms with Gasteiger partial charge in [0.1, 0.15) is 5.75 Å². The van der Waals surface area contributed by atoms with Crippen LogP contribution >= 0.6 is 27.3 Å². The van der Waals surface area contributed by atoms with Crippen molar-refractivity contribution in [3.05, 3.63) is 124 Å². The van der Waals surface area contributed by atoms with Gasteiger partial charge in [0.15, 0.2) is 4.80 Å². The van der Waals surface area contributed by atoms with Crippen LogP contribution in [0.15, 0.2) is 86.6 Å². The van der Waals surface area contributed by atoms with Gasteiger partial charge in [-0.05, 0) is 65.9 Å². The van der Waals surface area contributed by atoms with Gasteiger partial charge in [0.05, 0.1) is 28.9 Å². The molecule has 1 unspecified atom stereocenters. The van der Waals surface area contributed by atoms with E-state index in [1.807, 2.05) is 24.3 Å². The van der Waals surface area contributed by atoms with Crippen LogP contribution in [0.5, 0.6) is 5.75 Å². The highest BCUT2D eigenvalue weighted by Gasteiger charge is 2.32. The topological polar surface area (TPSA) is 80.9 Å². The third-order valence-corrected chi connectivity index (χ3v) is 8.27. The average Bonchev–Trinajstić information content (AvgIpc) is 3.23. The summed E-state index contributed by atoms with van der Waals surface area (Å²) in [6.45, 7) is 0. The number of phenols is 1. The van der Waals surface area contributed by atoms with Crippen LogP contribution in [-0.2, 0) is 11.2 Å². The van der Waals surface area contributed by atoms with Gasteiger partial charge in [0.2, 0.25) is 0 Å². The number of allylic oxidation sites excluding steroid dienone is 1. The van der Waals surface area contributed by atoms with Crippen molar-refractivity contribution in [1.82, 2.24) is 4.57 Å². The molecular formula is C29H21BrN2O4S. The predicted octanol–water partition coefficient (Wildman–Crippen LogP) is 4.57. The molecule has 6 nitrogen and oxygen atoms in total. The molecule has 0 spiro atoms. The van der Waals surface area contributed by atoms with Gasteiger partial charge in [-0.15, -0.1) is 0 Å². The van der Waals surface area contributed by atoms with Gasteiger partial charge in [0, 0.05) is 15.6 Å². The molecular weight excluding hydrogens is 552 g/mol. The maximum absolute atomic E-state index is 13.8. The smallest absolute Gasteiger partial charge is 0.337 e. The standard InChI is InChI=1S/C29H21BrN2O4S/c1-36-28(35)18-8-6-17(7-9-18)26-22-12-10-16-4-2-3-5-21(16)25(22)31-29-32(26)27(34)24(37-29)15-19-14-20(30)11-13-23(19)33/h2-9,11,13-15,26,33H,10,12H2,1H3. The first-order valence-electron chi connectivity index (χ1n) is 11.7. The Kier molecular flexibility index (Phi) is 5.93. The van der Waals surface area contributed by atoms with E-state index in [1.54, 1.807) is 41.0 Å². The van der Waals surface area contributed by atoms with Gasteiger partial charge >= 0.3 is 5.97 Å². The molecule has 8 heteroatoms. The van der Waals surface area contributed by atoms with Gasteiger partial charge in [-0.25, -0.2) is 9.79 Å². The summed E-state index contributed by atoms with van der Waals surface area (Å²) in [5, 5.41) is 10.4. The third kappa shape index (κ3) is 4.06. The molecule has 1 atom stereocenters. The quantitative estimate of drug-likeness (QED) is 0.364. The zero-order chi connectivity index (χ0) is 25.7. The van der Waals surface area contributed by atoms with Crippen LogP contribution in [-0.4, -0.2) is 22.8 Å². The molecule has 0 fully saturated rings. The van der Waals surface area contributed by atoms with Crippen LogP contribution in [0.4, 0.5) is 0 Å². The van der Waals surface area contributed by atoms with E-state index in [9.17, 15) is 14.7 Å². The van der Waals surface area contributed by atoms with Gasteiger partial charge in [-0.3, -0.25) is 9.36 Å². The number of methoxy groups -OCH3 is 1. The summed E-state index contributed by atoms with van der Waals surface area (Å²) in [5.74, 6) is -0.312. The zero-order valence-corrected chi connectivity index (χ0v) is 22.2. The molecule has 3 aromatic carbocycles. The van der Waals surface area contributed by atoms with Crippen molar-refractivity contribution < 1.29 is 14.6 Å². The number of aryl methyl sites for hydroxylation is 1. The second kappa shape index (κ2) is 9.28. The van der Waals surface area contributed by atoms with Crippen LogP contribution in [0.2, 0.25) is 0 Å². The van der Waals surface area contributed by atoms with Crippen molar-refractivity contribution in [1.29, 1.82) is 0 Å². The van der Waals surface area contributed by atoms with Crippen molar-refractivity contribution in [3.8, 4) is 5.75 Å². The number of aromatic hydroxyl groups is 1. The van der Waals surface area contributed by atoms with Crippen LogP contribution in [0, 0.1) is 0 Å². The summed E-state index contributed by atoms with van der Waals surface area (Å²) in [5.41, 5.74) is 6.03. The lowest BCUT2D eigenvalue weighted by atomic mass is 9.83. The Bertz CT molecular complexity index is 1780. The van der Waals surface area contributed by atoms with Crippen molar-refractivity contribution in [2.75, 3.05) is 7.11 Å². The lowest BCUT2D eigenvalue weighted by Crippen LogP contribution is -2.38. The van der Waals surface area contributed by atoms with Crippen LogP contribution < -0.4 is 14.9 Å². The Labute approximate surface area is 224 Å². The fourth-order valence-corrected chi connectivity index (χ4v) is 6.39. The summed E-state index contributed by atoms with van der Waals surface area (Å²) in [6, 6.07) is 20.2. The van der Waals surface area contributed by atoms with E-state index in [0.717, 1.165) is 39.7 Å². The minimum atomic E-state index is -0.407. The number of aromatic nitrogens is 1. The molecule has 0 amide bonds. The Balaban J connectivity index is 1.60. The summed E-state index contributed by atoms with van der Waals surface area (Å²) in [6.07, 6.45) is 3.34. The van der Waals surface area contributed by atoms with Crippen molar-refractivity contribution in [2.24, 2.45) is 4.99 Å². The average molecular weight is 573 g/mol. The second-order valence-electron chi connectivity index (χ2n) is 8.93. The first-order valence-corrected chi connectivity index (χ1v) is 13.4. The predicted molar refractivity (Wildman–Crippen MR) is 146 cm³/mol. The number of hydrogen-bond acceptors (Lipinski definition) is 6. The molecule has 1 aliphatic carbocycles. The molecule has 0 bridgehead atoms. The summed E-state index contributed by atoms with van der Waals surface area (Å²) in [4.78, 5) is 31.5. The number of carbonyl (C=O) groups is 1. The number of halogens is 1. The molecule has 2 heterocycles. The molecule has 37 heavy (non-hydrogen) atoms. The molecule has 0 radical (unpaired) electrons. The molecule has 184 valence electrons. The number of fused-ring (bicyclic) bond motifs is 3. The Morgan fingerprint density at radius 3 is 2.70 bits per heavy atom. The highest BCUT2D eigenvalue weighted by Crippen LogP contribution is 2.41. The van der Waals surface area contributed by atoms with Crippen LogP contribution in [0.1, 0.15) is 45.1 Å². The van der Waals surface area contributed by atoms with Crippen molar-refractivity contribution in [3.63, 3.8) is 0 Å². The van der Waals surface area contributed by atoms with Crippen molar-refractivity contribution >= 4 is 45.0 Å². The fourth-order valence-electron chi connectivity index (χ4n) is 5.02. The van der Waals surface area contributed by atoms with E-state index in [2.05, 4.69) is 28.1 Å². The lowest BCUT2D eigenvalue weighted by Gasteiger charge is -2.30. The van der Waals surface area contributed by atoms with Crippen LogP contribution in [0.25, 0.3) is 11.8 Å². The number of carbonyl (C=O) groups excluding carboxylic acids is 1. The van der Waals surface area contributed by atoms with E-state index >= 15 is 0 Å². The molecule has 1 N–H and O–H groups in total. The van der Waals surface area contributed by atoms with Gasteiger partial charge < -0.3 is 9.84 Å². The van der Waals surface area contributed by atoms with E-state index in [4.69, 9.17) is 9.73 Å². The number of ether oxygens (including phenoxy) is 1. The monoisotopic (exact) mass is 572 g/mol. The Morgan fingerprint density at radius 2 is 1.92 bits per heavy atom. The number of thiazole rings is 1. The number of phenolic OH excluding ortho intramolecular Hbond substituents is 1. The van der Waals surface area contributed by atoms with E-state index in [-0.39, 0.29) is 17.4 Å².